The Morgan fingerprint density at radius 2 is 1.93 bits per heavy atom. The Kier molecular flexibility index (Phi) is 6.52. The highest BCUT2D eigenvalue weighted by Crippen LogP contribution is 2.24. The van der Waals surface area contributed by atoms with Crippen molar-refractivity contribution in [3.63, 3.8) is 0 Å². The van der Waals surface area contributed by atoms with Crippen LogP contribution in [0.25, 0.3) is 0 Å². The van der Waals surface area contributed by atoms with E-state index < -0.39 is 0 Å². The first-order chi connectivity index (χ1) is 13.2. The zero-order valence-corrected chi connectivity index (χ0v) is 15.8. The number of pyridine rings is 1. The summed E-state index contributed by atoms with van der Waals surface area (Å²) in [4.78, 5) is 19.4. The van der Waals surface area contributed by atoms with Gasteiger partial charge < -0.3 is 20.1 Å². The van der Waals surface area contributed by atoms with Gasteiger partial charge in [0.15, 0.2) is 0 Å². The predicted octanol–water partition coefficient (Wildman–Crippen LogP) is 3.50. The minimum Gasteiger partial charge on any atom is -0.507 e. The Morgan fingerprint density at radius 1 is 1.19 bits per heavy atom. The van der Waals surface area contributed by atoms with E-state index in [-0.39, 0.29) is 17.2 Å². The highest BCUT2D eigenvalue weighted by atomic mass is 16.5. The van der Waals surface area contributed by atoms with Crippen molar-refractivity contribution in [2.24, 2.45) is 0 Å². The number of anilines is 1. The Balaban J connectivity index is 1.72. The van der Waals surface area contributed by atoms with Gasteiger partial charge in [-0.2, -0.15) is 0 Å². The van der Waals surface area contributed by atoms with Gasteiger partial charge in [0.1, 0.15) is 17.3 Å². The number of phenolic OH excluding ortho intramolecular Hbond substituents is 1. The Hall–Kier alpha value is -2.76. The molecule has 6 heteroatoms. The summed E-state index contributed by atoms with van der Waals surface area (Å²) in [5.74, 6) is 1.06. The molecule has 1 fully saturated rings. The molecule has 2 heterocycles. The highest BCUT2D eigenvalue weighted by molar-refractivity contribution is 5.97. The molecular weight excluding hydrogens is 342 g/mol. The number of benzene rings is 1. The fourth-order valence-corrected chi connectivity index (χ4v) is 3.41. The lowest BCUT2D eigenvalue weighted by Crippen LogP contribution is -2.30. The van der Waals surface area contributed by atoms with Gasteiger partial charge in [0.2, 0.25) is 0 Å². The molecule has 1 aromatic carbocycles. The lowest BCUT2D eigenvalue weighted by molar-refractivity contribution is 0.0948. The van der Waals surface area contributed by atoms with Gasteiger partial charge in [-0.25, -0.2) is 4.98 Å². The monoisotopic (exact) mass is 369 g/mol. The molecule has 0 saturated carbocycles. The molecule has 1 amide bonds. The molecule has 0 aliphatic carbocycles. The first-order valence-corrected chi connectivity index (χ1v) is 9.53. The van der Waals surface area contributed by atoms with Crippen LogP contribution in [0.3, 0.4) is 0 Å². The molecular formula is C21H27N3O3. The van der Waals surface area contributed by atoms with E-state index in [1.165, 1.54) is 51.3 Å². The van der Waals surface area contributed by atoms with Gasteiger partial charge in [-0.1, -0.05) is 25.3 Å². The Bertz CT molecular complexity index is 771. The number of aromatic nitrogens is 1. The molecule has 0 unspecified atom stereocenters. The molecule has 3 rings (SSSR count). The quantitative estimate of drug-likeness (QED) is 0.844. The number of aromatic hydroxyl groups is 1. The van der Waals surface area contributed by atoms with E-state index in [9.17, 15) is 9.90 Å². The number of ether oxygens (including phenoxy) is 1. The number of nitrogens with zero attached hydrogens (tertiary/aromatic N) is 2. The molecule has 1 aromatic heterocycles. The normalized spacial score (nSPS) is 14.9. The third kappa shape index (κ3) is 4.90. The molecule has 144 valence electrons. The maximum absolute atomic E-state index is 12.5. The van der Waals surface area contributed by atoms with Crippen molar-refractivity contribution in [3.8, 4) is 11.5 Å². The number of rotatable bonds is 5. The number of amides is 1. The number of phenols is 1. The lowest BCUT2D eigenvalue weighted by atomic mass is 10.1. The highest BCUT2D eigenvalue weighted by Gasteiger charge is 2.16. The third-order valence-corrected chi connectivity index (χ3v) is 4.91. The standard InChI is InChI=1S/C21H27N3O3/c1-27-17-9-10-19(25)18(14-17)21(26)23-15-16-8-7-11-22-20(16)24-12-5-3-2-4-6-13-24/h7-11,14,25H,2-6,12-13,15H2,1H3,(H,23,26). The maximum atomic E-state index is 12.5. The van der Waals surface area contributed by atoms with Gasteiger partial charge in [0.05, 0.1) is 12.7 Å². The van der Waals surface area contributed by atoms with Crippen LogP contribution in [0.15, 0.2) is 36.5 Å². The van der Waals surface area contributed by atoms with Gasteiger partial charge in [0.25, 0.3) is 5.91 Å². The van der Waals surface area contributed by atoms with E-state index in [0.717, 1.165) is 24.5 Å². The van der Waals surface area contributed by atoms with Crippen LogP contribution in [-0.2, 0) is 6.54 Å². The van der Waals surface area contributed by atoms with Gasteiger partial charge in [-0.15, -0.1) is 0 Å². The molecule has 0 atom stereocenters. The summed E-state index contributed by atoms with van der Waals surface area (Å²) >= 11 is 0. The van der Waals surface area contributed by atoms with Crippen LogP contribution in [0.1, 0.15) is 48.0 Å². The predicted molar refractivity (Wildman–Crippen MR) is 105 cm³/mol. The van der Waals surface area contributed by atoms with Gasteiger partial charge in [-0.3, -0.25) is 4.79 Å². The van der Waals surface area contributed by atoms with Gasteiger partial charge in [0, 0.05) is 31.4 Å². The number of nitrogens with one attached hydrogen (secondary N) is 1. The molecule has 0 bridgehead atoms. The fraction of sp³-hybridized carbons (Fsp3) is 0.429. The van der Waals surface area contributed by atoms with E-state index in [2.05, 4.69) is 15.2 Å². The molecule has 0 spiro atoms. The second-order valence-corrected chi connectivity index (χ2v) is 6.81. The summed E-state index contributed by atoms with van der Waals surface area (Å²) in [7, 11) is 1.53. The van der Waals surface area contributed by atoms with E-state index in [1.807, 2.05) is 12.1 Å². The zero-order chi connectivity index (χ0) is 19.1. The summed E-state index contributed by atoms with van der Waals surface area (Å²) < 4.78 is 5.14. The summed E-state index contributed by atoms with van der Waals surface area (Å²) in [6, 6.07) is 8.49. The zero-order valence-electron chi connectivity index (χ0n) is 15.8. The van der Waals surface area contributed by atoms with Crippen LogP contribution in [0.2, 0.25) is 0 Å². The van der Waals surface area contributed by atoms with E-state index in [1.54, 1.807) is 12.3 Å². The fourth-order valence-electron chi connectivity index (χ4n) is 3.41. The molecule has 1 aliphatic rings. The average Bonchev–Trinajstić information content (AvgIpc) is 2.67. The van der Waals surface area contributed by atoms with Crippen molar-refractivity contribution in [3.05, 3.63) is 47.7 Å². The molecule has 2 aromatic rings. The van der Waals surface area contributed by atoms with Crippen LogP contribution in [0.4, 0.5) is 5.82 Å². The van der Waals surface area contributed by atoms with Crippen molar-refractivity contribution >= 4 is 11.7 Å². The van der Waals surface area contributed by atoms with Crippen molar-refractivity contribution in [1.82, 2.24) is 10.3 Å². The second-order valence-electron chi connectivity index (χ2n) is 6.81. The van der Waals surface area contributed by atoms with Crippen molar-refractivity contribution in [2.75, 3.05) is 25.1 Å². The SMILES string of the molecule is COc1ccc(O)c(C(=O)NCc2cccnc2N2CCCCCCC2)c1. The first kappa shape index (κ1) is 19.0. The summed E-state index contributed by atoms with van der Waals surface area (Å²) in [6.07, 6.45) is 7.95. The van der Waals surface area contributed by atoms with Crippen LogP contribution in [0, 0.1) is 0 Å². The lowest BCUT2D eigenvalue weighted by Gasteiger charge is -2.27. The topological polar surface area (TPSA) is 74.7 Å². The summed E-state index contributed by atoms with van der Waals surface area (Å²) in [5.41, 5.74) is 1.18. The molecule has 1 aliphatic heterocycles. The first-order valence-electron chi connectivity index (χ1n) is 9.53. The van der Waals surface area contributed by atoms with E-state index in [0.29, 0.717) is 12.3 Å². The van der Waals surface area contributed by atoms with Crippen LogP contribution in [0.5, 0.6) is 11.5 Å². The van der Waals surface area contributed by atoms with Crippen molar-refractivity contribution in [1.29, 1.82) is 0 Å². The second kappa shape index (κ2) is 9.26. The summed E-state index contributed by atoms with van der Waals surface area (Å²) in [6.45, 7) is 2.35. The average molecular weight is 369 g/mol. The third-order valence-electron chi connectivity index (χ3n) is 4.91. The van der Waals surface area contributed by atoms with E-state index >= 15 is 0 Å². The number of hydrogen-bond donors (Lipinski definition) is 2. The molecule has 0 radical (unpaired) electrons. The number of hydrogen-bond acceptors (Lipinski definition) is 5. The number of carbonyl (C=O) groups excluding carboxylic acids is 1. The largest absolute Gasteiger partial charge is 0.507 e. The van der Waals surface area contributed by atoms with Crippen LogP contribution < -0.4 is 15.0 Å². The minimum atomic E-state index is -0.339. The number of methoxy groups -OCH3 is 1. The van der Waals surface area contributed by atoms with Crippen LogP contribution >= 0.6 is 0 Å². The maximum Gasteiger partial charge on any atom is 0.255 e. The van der Waals surface area contributed by atoms with Gasteiger partial charge in [-0.05, 0) is 37.1 Å². The minimum absolute atomic E-state index is 0.0662. The van der Waals surface area contributed by atoms with Crippen molar-refractivity contribution < 1.29 is 14.6 Å². The molecule has 27 heavy (non-hydrogen) atoms. The Labute approximate surface area is 160 Å². The number of carbonyl (C=O) groups is 1. The molecule has 2 N–H and O–H groups in total. The van der Waals surface area contributed by atoms with Gasteiger partial charge >= 0.3 is 0 Å². The Morgan fingerprint density at radius 3 is 2.67 bits per heavy atom. The molecule has 1 saturated heterocycles. The molecule has 6 nitrogen and oxygen atoms in total. The van der Waals surface area contributed by atoms with Crippen molar-refractivity contribution in [2.45, 2.75) is 38.6 Å². The van der Waals surface area contributed by atoms with Crippen LogP contribution in [-0.4, -0.2) is 36.2 Å². The van der Waals surface area contributed by atoms with E-state index in [4.69, 9.17) is 4.74 Å². The smallest absolute Gasteiger partial charge is 0.255 e. The summed E-state index contributed by atoms with van der Waals surface area (Å²) in [5, 5.41) is 12.9.